The van der Waals surface area contributed by atoms with Crippen molar-refractivity contribution >= 4 is 11.9 Å². The average molecular weight is 369 g/mol. The number of benzene rings is 1. The van der Waals surface area contributed by atoms with Gasteiger partial charge in [-0.3, -0.25) is 9.79 Å². The van der Waals surface area contributed by atoms with Gasteiger partial charge < -0.3 is 15.5 Å². The van der Waals surface area contributed by atoms with Gasteiger partial charge in [-0.05, 0) is 37.7 Å². The lowest BCUT2D eigenvalue weighted by atomic mass is 10.1. The van der Waals surface area contributed by atoms with E-state index in [1.807, 2.05) is 11.0 Å². The molecule has 1 aromatic rings. The van der Waals surface area contributed by atoms with Crippen molar-refractivity contribution in [2.75, 3.05) is 33.2 Å². The third-order valence-corrected chi connectivity index (χ3v) is 5.46. The van der Waals surface area contributed by atoms with Gasteiger partial charge in [0.2, 0.25) is 5.91 Å². The summed E-state index contributed by atoms with van der Waals surface area (Å²) in [4.78, 5) is 18.6. The number of allylic oxidation sites excluding steroid dienone is 1. The number of nitrogens with zero attached hydrogens (tertiary/aromatic N) is 2. The minimum Gasteiger partial charge on any atom is -0.356 e. The van der Waals surface area contributed by atoms with Crippen LogP contribution in [0.25, 0.3) is 0 Å². The monoisotopic (exact) mass is 368 g/mol. The molecule has 1 atom stereocenters. The van der Waals surface area contributed by atoms with Crippen LogP contribution < -0.4 is 10.6 Å². The molecule has 1 saturated heterocycles. The predicted octanol–water partition coefficient (Wildman–Crippen LogP) is 2.74. The van der Waals surface area contributed by atoms with Gasteiger partial charge in [-0.25, -0.2) is 0 Å². The first-order chi connectivity index (χ1) is 13.2. The lowest BCUT2D eigenvalue weighted by Crippen LogP contribution is -2.40. The highest BCUT2D eigenvalue weighted by Crippen LogP contribution is 2.20. The van der Waals surface area contributed by atoms with Crippen molar-refractivity contribution < 1.29 is 4.79 Å². The Hall–Kier alpha value is -2.30. The number of guanidine groups is 1. The van der Waals surface area contributed by atoms with E-state index in [-0.39, 0.29) is 5.91 Å². The standard InChI is InChI=1S/C22H32N4O/c1-23-22(24-13-11-18-9-5-6-10-18)25-16-20-15-21(27)26(17-20)14-12-19-7-3-2-4-8-19/h2-4,7-9,20H,5-6,10-17H2,1H3,(H2,23,24,25). The second-order valence-electron chi connectivity index (χ2n) is 7.53. The van der Waals surface area contributed by atoms with E-state index in [9.17, 15) is 4.79 Å². The molecule has 5 nitrogen and oxygen atoms in total. The maximum absolute atomic E-state index is 12.3. The summed E-state index contributed by atoms with van der Waals surface area (Å²) < 4.78 is 0. The molecule has 1 aliphatic carbocycles. The zero-order chi connectivity index (χ0) is 18.9. The first-order valence-corrected chi connectivity index (χ1v) is 10.2. The number of rotatable bonds is 8. The van der Waals surface area contributed by atoms with Crippen LogP contribution in [0.4, 0.5) is 0 Å². The van der Waals surface area contributed by atoms with Crippen LogP contribution in [-0.2, 0) is 11.2 Å². The number of amides is 1. The van der Waals surface area contributed by atoms with Crippen LogP contribution in [0.15, 0.2) is 47.0 Å². The molecule has 146 valence electrons. The van der Waals surface area contributed by atoms with Crippen LogP contribution in [0.1, 0.15) is 37.7 Å². The highest BCUT2D eigenvalue weighted by Gasteiger charge is 2.29. The number of hydrogen-bond donors (Lipinski definition) is 2. The summed E-state index contributed by atoms with van der Waals surface area (Å²) >= 11 is 0. The summed E-state index contributed by atoms with van der Waals surface area (Å²) in [5, 5.41) is 6.78. The summed E-state index contributed by atoms with van der Waals surface area (Å²) in [6.45, 7) is 3.35. The summed E-state index contributed by atoms with van der Waals surface area (Å²) in [5.74, 6) is 1.46. The van der Waals surface area contributed by atoms with E-state index in [0.29, 0.717) is 12.3 Å². The third-order valence-electron chi connectivity index (χ3n) is 5.46. The van der Waals surface area contributed by atoms with Crippen molar-refractivity contribution in [1.29, 1.82) is 0 Å². The highest BCUT2D eigenvalue weighted by atomic mass is 16.2. The number of carbonyl (C=O) groups excluding carboxylic acids is 1. The maximum Gasteiger partial charge on any atom is 0.223 e. The van der Waals surface area contributed by atoms with E-state index in [2.05, 4.69) is 46.0 Å². The normalized spacial score (nSPS) is 20.1. The molecule has 2 N–H and O–H groups in total. The van der Waals surface area contributed by atoms with Crippen molar-refractivity contribution in [3.8, 4) is 0 Å². The molecule has 0 saturated carbocycles. The van der Waals surface area contributed by atoms with E-state index in [1.54, 1.807) is 12.6 Å². The molecular formula is C22H32N4O. The zero-order valence-electron chi connectivity index (χ0n) is 16.4. The van der Waals surface area contributed by atoms with Gasteiger partial charge in [0.15, 0.2) is 5.96 Å². The van der Waals surface area contributed by atoms with Crippen LogP contribution >= 0.6 is 0 Å². The van der Waals surface area contributed by atoms with Crippen LogP contribution in [0.3, 0.4) is 0 Å². The Morgan fingerprint density at radius 2 is 2.07 bits per heavy atom. The van der Waals surface area contributed by atoms with Crippen molar-refractivity contribution in [2.45, 2.75) is 38.5 Å². The Labute approximate surface area is 162 Å². The first-order valence-electron chi connectivity index (χ1n) is 10.2. The molecule has 0 spiro atoms. The Balaban J connectivity index is 1.35. The molecule has 1 unspecified atom stereocenters. The maximum atomic E-state index is 12.3. The molecule has 1 heterocycles. The summed E-state index contributed by atoms with van der Waals surface area (Å²) in [6, 6.07) is 10.4. The number of nitrogens with one attached hydrogen (secondary N) is 2. The van der Waals surface area contributed by atoms with Gasteiger partial charge in [-0.2, -0.15) is 0 Å². The van der Waals surface area contributed by atoms with Crippen molar-refractivity contribution in [2.24, 2.45) is 10.9 Å². The minimum atomic E-state index is 0.272. The summed E-state index contributed by atoms with van der Waals surface area (Å²) in [6.07, 6.45) is 8.80. The Kier molecular flexibility index (Phi) is 7.31. The smallest absolute Gasteiger partial charge is 0.223 e. The molecular weight excluding hydrogens is 336 g/mol. The quantitative estimate of drug-likeness (QED) is 0.421. The Bertz CT molecular complexity index is 668. The van der Waals surface area contributed by atoms with Gasteiger partial charge in [0.25, 0.3) is 0 Å². The number of likely N-dealkylation sites (tertiary alicyclic amines) is 1. The molecule has 2 aliphatic rings. The fourth-order valence-corrected chi connectivity index (χ4v) is 3.88. The van der Waals surface area contributed by atoms with E-state index in [1.165, 1.54) is 24.8 Å². The van der Waals surface area contributed by atoms with Crippen molar-refractivity contribution in [3.05, 3.63) is 47.5 Å². The SMILES string of the molecule is CN=C(NCCC1=CCCC1)NCC1CC(=O)N(CCc2ccccc2)C1. The molecule has 3 rings (SSSR count). The van der Waals surface area contributed by atoms with E-state index in [0.717, 1.165) is 45.0 Å². The third kappa shape index (κ3) is 6.12. The van der Waals surface area contributed by atoms with Crippen LogP contribution in [0.5, 0.6) is 0 Å². The zero-order valence-corrected chi connectivity index (χ0v) is 16.4. The van der Waals surface area contributed by atoms with Crippen LogP contribution in [0, 0.1) is 5.92 Å². The van der Waals surface area contributed by atoms with Gasteiger partial charge in [-0.1, -0.05) is 42.0 Å². The molecule has 0 bridgehead atoms. The van der Waals surface area contributed by atoms with E-state index < -0.39 is 0 Å². The number of hydrogen-bond acceptors (Lipinski definition) is 2. The van der Waals surface area contributed by atoms with Gasteiger partial charge >= 0.3 is 0 Å². The molecule has 0 radical (unpaired) electrons. The van der Waals surface area contributed by atoms with Gasteiger partial charge in [0.1, 0.15) is 0 Å². The van der Waals surface area contributed by atoms with Gasteiger partial charge in [-0.15, -0.1) is 0 Å². The molecule has 5 heteroatoms. The second-order valence-corrected chi connectivity index (χ2v) is 7.53. The first kappa shape index (κ1) is 19.5. The largest absolute Gasteiger partial charge is 0.356 e. The molecule has 0 aromatic heterocycles. The second kappa shape index (κ2) is 10.1. The molecule has 1 aromatic carbocycles. The number of aliphatic imine (C=N–C) groups is 1. The van der Waals surface area contributed by atoms with E-state index in [4.69, 9.17) is 0 Å². The molecule has 27 heavy (non-hydrogen) atoms. The fourth-order valence-electron chi connectivity index (χ4n) is 3.88. The minimum absolute atomic E-state index is 0.272. The summed E-state index contributed by atoms with van der Waals surface area (Å²) in [7, 11) is 1.80. The van der Waals surface area contributed by atoms with Crippen molar-refractivity contribution in [3.63, 3.8) is 0 Å². The molecule has 1 aliphatic heterocycles. The Morgan fingerprint density at radius 1 is 1.22 bits per heavy atom. The number of carbonyl (C=O) groups is 1. The molecule has 1 fully saturated rings. The topological polar surface area (TPSA) is 56.7 Å². The van der Waals surface area contributed by atoms with Crippen LogP contribution in [0.2, 0.25) is 0 Å². The van der Waals surface area contributed by atoms with Crippen LogP contribution in [-0.4, -0.2) is 50.0 Å². The highest BCUT2D eigenvalue weighted by molar-refractivity contribution is 5.80. The Morgan fingerprint density at radius 3 is 2.81 bits per heavy atom. The van der Waals surface area contributed by atoms with E-state index >= 15 is 0 Å². The summed E-state index contributed by atoms with van der Waals surface area (Å²) in [5.41, 5.74) is 2.85. The molecule has 1 amide bonds. The van der Waals surface area contributed by atoms with Gasteiger partial charge in [0, 0.05) is 45.6 Å². The van der Waals surface area contributed by atoms with Crippen molar-refractivity contribution in [1.82, 2.24) is 15.5 Å². The average Bonchev–Trinajstić information content (AvgIpc) is 3.33. The fraction of sp³-hybridized carbons (Fsp3) is 0.545. The lowest BCUT2D eigenvalue weighted by molar-refractivity contribution is -0.127. The predicted molar refractivity (Wildman–Crippen MR) is 111 cm³/mol. The van der Waals surface area contributed by atoms with Gasteiger partial charge in [0.05, 0.1) is 0 Å². The lowest BCUT2D eigenvalue weighted by Gasteiger charge is -2.18.